The average Bonchev–Trinajstić information content (AvgIpc) is 2.88. The van der Waals surface area contributed by atoms with E-state index in [-0.39, 0.29) is 11.1 Å². The molecule has 100 valence electrons. The zero-order valence-electron chi connectivity index (χ0n) is 10.3. The molecule has 5 heteroatoms. The van der Waals surface area contributed by atoms with Gasteiger partial charge in [0.05, 0.1) is 6.61 Å². The molecule has 0 radical (unpaired) electrons. The van der Waals surface area contributed by atoms with Crippen LogP contribution in [0.4, 0.5) is 4.39 Å². The summed E-state index contributed by atoms with van der Waals surface area (Å²) >= 11 is 5.89. The van der Waals surface area contributed by atoms with Gasteiger partial charge in [-0.3, -0.25) is 0 Å². The van der Waals surface area contributed by atoms with Gasteiger partial charge in [-0.1, -0.05) is 17.7 Å². The molecule has 1 aliphatic rings. The molecule has 0 spiro atoms. The summed E-state index contributed by atoms with van der Waals surface area (Å²) in [6.07, 6.45) is 0.922. The van der Waals surface area contributed by atoms with E-state index >= 15 is 0 Å². The molecular weight excluding hydrogens is 257 g/mol. The highest BCUT2D eigenvalue weighted by Crippen LogP contribution is 2.29. The summed E-state index contributed by atoms with van der Waals surface area (Å²) in [6, 6.07) is 4.58. The lowest BCUT2D eigenvalue weighted by atomic mass is 10.0. The van der Waals surface area contributed by atoms with Crippen LogP contribution in [0.1, 0.15) is 6.42 Å². The number of benzene rings is 1. The molecule has 2 atom stereocenters. The third-order valence-corrected chi connectivity index (χ3v) is 3.52. The standard InChI is InChI=1S/C13H17ClFNO2/c1-17-8-12(9-5-6-16-7-9)18-11-4-2-3-10(15)13(11)14/h2-4,9,12,16H,5-8H2,1H3/t9?,12-/m1/s1. The SMILES string of the molecule is COC[C@@H](Oc1cccc(F)c1Cl)C1CCNC1. The van der Waals surface area contributed by atoms with E-state index in [1.54, 1.807) is 19.2 Å². The van der Waals surface area contributed by atoms with Gasteiger partial charge in [0, 0.05) is 19.6 Å². The molecule has 0 amide bonds. The largest absolute Gasteiger partial charge is 0.486 e. The fraction of sp³-hybridized carbons (Fsp3) is 0.538. The lowest BCUT2D eigenvalue weighted by Crippen LogP contribution is -2.33. The van der Waals surface area contributed by atoms with Crippen molar-refractivity contribution in [2.45, 2.75) is 12.5 Å². The molecule has 1 heterocycles. The number of hydrogen-bond acceptors (Lipinski definition) is 3. The van der Waals surface area contributed by atoms with Crippen molar-refractivity contribution in [3.8, 4) is 5.75 Å². The molecule has 0 bridgehead atoms. The summed E-state index contributed by atoms with van der Waals surface area (Å²) in [5.74, 6) is 0.282. The minimum atomic E-state index is -0.463. The smallest absolute Gasteiger partial charge is 0.145 e. The first kappa shape index (κ1) is 13.6. The minimum absolute atomic E-state index is 0.0320. The van der Waals surface area contributed by atoms with E-state index < -0.39 is 5.82 Å². The number of halogens is 2. The molecule has 1 unspecified atom stereocenters. The van der Waals surface area contributed by atoms with Gasteiger partial charge in [-0.15, -0.1) is 0 Å². The summed E-state index contributed by atoms with van der Waals surface area (Å²) in [5.41, 5.74) is 0. The molecule has 1 saturated heterocycles. The Balaban J connectivity index is 2.10. The molecule has 3 nitrogen and oxygen atoms in total. The first-order valence-corrected chi connectivity index (χ1v) is 6.40. The zero-order valence-corrected chi connectivity index (χ0v) is 11.0. The van der Waals surface area contributed by atoms with Gasteiger partial charge >= 0.3 is 0 Å². The minimum Gasteiger partial charge on any atom is -0.486 e. The normalized spacial score (nSPS) is 20.9. The van der Waals surface area contributed by atoms with Gasteiger partial charge in [0.2, 0.25) is 0 Å². The van der Waals surface area contributed by atoms with Gasteiger partial charge in [0.1, 0.15) is 22.7 Å². The van der Waals surface area contributed by atoms with Gasteiger partial charge in [-0.25, -0.2) is 4.39 Å². The van der Waals surface area contributed by atoms with Crippen molar-refractivity contribution in [2.24, 2.45) is 5.92 Å². The molecular formula is C13H17ClFNO2. The lowest BCUT2D eigenvalue weighted by Gasteiger charge is -2.24. The topological polar surface area (TPSA) is 30.5 Å². The highest BCUT2D eigenvalue weighted by molar-refractivity contribution is 6.32. The highest BCUT2D eigenvalue weighted by Gasteiger charge is 2.27. The van der Waals surface area contributed by atoms with Crippen LogP contribution >= 0.6 is 11.6 Å². The summed E-state index contributed by atoms with van der Waals surface area (Å²) in [7, 11) is 1.63. The molecule has 0 saturated carbocycles. The Bertz CT molecular complexity index is 397. The number of ether oxygens (including phenoxy) is 2. The van der Waals surface area contributed by atoms with Crippen LogP contribution in [0.3, 0.4) is 0 Å². The van der Waals surface area contributed by atoms with E-state index in [2.05, 4.69) is 5.32 Å². The molecule has 0 aliphatic carbocycles. The van der Waals surface area contributed by atoms with Gasteiger partial charge in [-0.05, 0) is 25.1 Å². The molecule has 18 heavy (non-hydrogen) atoms. The van der Waals surface area contributed by atoms with E-state index in [0.29, 0.717) is 18.3 Å². The molecule has 1 aromatic carbocycles. The Morgan fingerprint density at radius 2 is 2.39 bits per heavy atom. The monoisotopic (exact) mass is 273 g/mol. The van der Waals surface area contributed by atoms with Crippen molar-refractivity contribution in [1.29, 1.82) is 0 Å². The van der Waals surface area contributed by atoms with Crippen LogP contribution in [0.25, 0.3) is 0 Å². The average molecular weight is 274 g/mol. The van der Waals surface area contributed by atoms with E-state index in [0.717, 1.165) is 19.5 Å². The first-order chi connectivity index (χ1) is 8.72. The van der Waals surface area contributed by atoms with Crippen molar-refractivity contribution in [2.75, 3.05) is 26.8 Å². The third kappa shape index (κ3) is 3.13. The predicted molar refractivity (Wildman–Crippen MR) is 68.7 cm³/mol. The molecule has 0 aromatic heterocycles. The van der Waals surface area contributed by atoms with Crippen molar-refractivity contribution in [3.05, 3.63) is 29.0 Å². The first-order valence-electron chi connectivity index (χ1n) is 6.02. The molecule has 1 aromatic rings. The number of hydrogen-bond donors (Lipinski definition) is 1. The maximum absolute atomic E-state index is 13.3. The van der Waals surface area contributed by atoms with Crippen molar-refractivity contribution in [1.82, 2.24) is 5.32 Å². The molecule has 2 rings (SSSR count). The third-order valence-electron chi connectivity index (χ3n) is 3.15. The van der Waals surface area contributed by atoms with Crippen LogP contribution in [-0.4, -0.2) is 32.9 Å². The molecule has 1 fully saturated rings. The second-order valence-corrected chi connectivity index (χ2v) is 4.79. The van der Waals surface area contributed by atoms with Gasteiger partial charge in [-0.2, -0.15) is 0 Å². The van der Waals surface area contributed by atoms with Gasteiger partial charge in [0.15, 0.2) is 0 Å². The van der Waals surface area contributed by atoms with Crippen LogP contribution in [0.2, 0.25) is 5.02 Å². The molecule has 1 aliphatic heterocycles. The van der Waals surface area contributed by atoms with Crippen molar-refractivity contribution < 1.29 is 13.9 Å². The van der Waals surface area contributed by atoms with Crippen LogP contribution in [0.15, 0.2) is 18.2 Å². The van der Waals surface area contributed by atoms with E-state index in [1.165, 1.54) is 6.07 Å². The summed E-state index contributed by atoms with van der Waals surface area (Å²) in [6.45, 7) is 2.34. The van der Waals surface area contributed by atoms with Crippen molar-refractivity contribution in [3.63, 3.8) is 0 Å². The Morgan fingerprint density at radius 3 is 3.06 bits per heavy atom. The van der Waals surface area contributed by atoms with Crippen LogP contribution in [-0.2, 0) is 4.74 Å². The fourth-order valence-electron chi connectivity index (χ4n) is 2.16. The Hall–Kier alpha value is -0.840. The lowest BCUT2D eigenvalue weighted by molar-refractivity contribution is 0.0481. The van der Waals surface area contributed by atoms with Gasteiger partial charge in [0.25, 0.3) is 0 Å². The van der Waals surface area contributed by atoms with Crippen LogP contribution in [0, 0.1) is 11.7 Å². The predicted octanol–water partition coefficient (Wildman–Crippen LogP) is 2.48. The van der Waals surface area contributed by atoms with Crippen molar-refractivity contribution >= 4 is 11.6 Å². The van der Waals surface area contributed by atoms with Crippen LogP contribution in [0.5, 0.6) is 5.75 Å². The summed E-state index contributed by atoms with van der Waals surface area (Å²) < 4.78 is 24.3. The number of nitrogens with one attached hydrogen (secondary N) is 1. The number of rotatable bonds is 5. The van der Waals surface area contributed by atoms with Gasteiger partial charge < -0.3 is 14.8 Å². The fourth-order valence-corrected chi connectivity index (χ4v) is 2.33. The highest BCUT2D eigenvalue weighted by atomic mass is 35.5. The Kier molecular flexibility index (Phi) is 4.80. The van der Waals surface area contributed by atoms with E-state index in [9.17, 15) is 4.39 Å². The quantitative estimate of drug-likeness (QED) is 0.894. The summed E-state index contributed by atoms with van der Waals surface area (Å²) in [5, 5.41) is 3.31. The Labute approximate surface area is 111 Å². The summed E-state index contributed by atoms with van der Waals surface area (Å²) in [4.78, 5) is 0. The zero-order chi connectivity index (χ0) is 13.0. The van der Waals surface area contributed by atoms with E-state index in [1.807, 2.05) is 0 Å². The second-order valence-electron chi connectivity index (χ2n) is 4.42. The molecule has 1 N–H and O–H groups in total. The second kappa shape index (κ2) is 6.36. The van der Waals surface area contributed by atoms with Crippen LogP contribution < -0.4 is 10.1 Å². The maximum Gasteiger partial charge on any atom is 0.145 e. The van der Waals surface area contributed by atoms with E-state index in [4.69, 9.17) is 21.1 Å². The maximum atomic E-state index is 13.3. The Morgan fingerprint density at radius 1 is 1.56 bits per heavy atom. The number of methoxy groups -OCH3 is 1.